The lowest BCUT2D eigenvalue weighted by Gasteiger charge is -2.12. The Hall–Kier alpha value is -4.46. The Labute approximate surface area is 189 Å². The maximum Gasteiger partial charge on any atom is 0.352 e. The van der Waals surface area contributed by atoms with E-state index in [-0.39, 0.29) is 18.3 Å². The van der Waals surface area contributed by atoms with Crippen LogP contribution in [0.15, 0.2) is 88.5 Å². The second kappa shape index (κ2) is 9.35. The Morgan fingerprint density at radius 2 is 1.64 bits per heavy atom. The number of hydrogen-bond acceptors (Lipinski definition) is 5. The van der Waals surface area contributed by atoms with E-state index in [0.717, 1.165) is 25.9 Å². The van der Waals surface area contributed by atoms with Crippen LogP contribution >= 0.6 is 0 Å². The summed E-state index contributed by atoms with van der Waals surface area (Å²) in [5.74, 6) is -0.450. The van der Waals surface area contributed by atoms with Gasteiger partial charge < -0.3 is 10.1 Å². The number of aromatic nitrogens is 3. The summed E-state index contributed by atoms with van der Waals surface area (Å²) in [4.78, 5) is 37.4. The zero-order valence-electron chi connectivity index (χ0n) is 18.2. The molecule has 0 bridgehead atoms. The molecule has 0 fully saturated rings. The molecule has 4 rings (SSSR count). The number of nitrogens with zero attached hydrogens (tertiary/aromatic N) is 3. The molecule has 33 heavy (non-hydrogen) atoms. The van der Waals surface area contributed by atoms with E-state index in [1.807, 2.05) is 54.6 Å². The number of rotatable bonds is 6. The summed E-state index contributed by atoms with van der Waals surface area (Å²) >= 11 is 0. The minimum atomic E-state index is -0.621. The summed E-state index contributed by atoms with van der Waals surface area (Å²) in [7, 11) is 1.32. The first-order valence-corrected chi connectivity index (χ1v) is 10.3. The van der Waals surface area contributed by atoms with Crippen LogP contribution < -0.4 is 21.3 Å². The molecular formula is C25H22N4O4. The molecule has 0 radical (unpaired) electrons. The highest BCUT2D eigenvalue weighted by atomic mass is 16.5. The van der Waals surface area contributed by atoms with Crippen molar-refractivity contribution >= 4 is 11.6 Å². The van der Waals surface area contributed by atoms with E-state index in [0.29, 0.717) is 11.4 Å². The fourth-order valence-corrected chi connectivity index (χ4v) is 3.46. The Morgan fingerprint density at radius 1 is 0.939 bits per heavy atom. The van der Waals surface area contributed by atoms with Crippen molar-refractivity contribution in [2.75, 3.05) is 12.4 Å². The van der Waals surface area contributed by atoms with Gasteiger partial charge in [0.1, 0.15) is 0 Å². The van der Waals surface area contributed by atoms with Gasteiger partial charge in [0.15, 0.2) is 0 Å². The van der Waals surface area contributed by atoms with Crippen LogP contribution in [0, 0.1) is 0 Å². The van der Waals surface area contributed by atoms with Crippen molar-refractivity contribution in [3.63, 3.8) is 0 Å². The van der Waals surface area contributed by atoms with Crippen LogP contribution in [0.2, 0.25) is 0 Å². The molecule has 1 amide bonds. The fraction of sp³-hybridized carbons (Fsp3) is 0.120. The monoisotopic (exact) mass is 442 g/mol. The number of ether oxygens (including phenoxy) is 1. The first-order valence-electron chi connectivity index (χ1n) is 10.3. The summed E-state index contributed by atoms with van der Waals surface area (Å²) in [5, 5.41) is 6.74. The summed E-state index contributed by atoms with van der Waals surface area (Å²) in [6, 6.07) is 24.2. The Balaban J connectivity index is 1.73. The molecule has 0 spiro atoms. The van der Waals surface area contributed by atoms with Gasteiger partial charge >= 0.3 is 11.2 Å². The summed E-state index contributed by atoms with van der Waals surface area (Å²) < 4.78 is 7.30. The summed E-state index contributed by atoms with van der Waals surface area (Å²) in [6.07, 6.45) is 0. The van der Waals surface area contributed by atoms with Gasteiger partial charge in [-0.05, 0) is 34.9 Å². The van der Waals surface area contributed by atoms with Crippen LogP contribution in [-0.2, 0) is 11.3 Å². The van der Waals surface area contributed by atoms with E-state index in [2.05, 4.69) is 10.4 Å². The zero-order chi connectivity index (χ0) is 23.4. The van der Waals surface area contributed by atoms with E-state index in [9.17, 15) is 14.4 Å². The highest BCUT2D eigenvalue weighted by Gasteiger charge is 2.16. The van der Waals surface area contributed by atoms with Crippen LogP contribution in [0.5, 0.6) is 5.88 Å². The average Bonchev–Trinajstić information content (AvgIpc) is 2.83. The van der Waals surface area contributed by atoms with Gasteiger partial charge in [-0.25, -0.2) is 9.36 Å². The topological polar surface area (TPSA) is 95.2 Å². The molecule has 0 aliphatic heterocycles. The van der Waals surface area contributed by atoms with Crippen molar-refractivity contribution in [2.45, 2.75) is 13.5 Å². The molecule has 4 aromatic rings. The van der Waals surface area contributed by atoms with E-state index in [1.165, 1.54) is 14.0 Å². The molecule has 1 heterocycles. The average molecular weight is 442 g/mol. The lowest BCUT2D eigenvalue weighted by molar-refractivity contribution is -0.114. The highest BCUT2D eigenvalue weighted by molar-refractivity contribution is 5.88. The molecule has 166 valence electrons. The van der Waals surface area contributed by atoms with Crippen molar-refractivity contribution in [1.82, 2.24) is 14.3 Å². The highest BCUT2D eigenvalue weighted by Crippen LogP contribution is 2.19. The molecule has 0 saturated carbocycles. The van der Waals surface area contributed by atoms with E-state index >= 15 is 0 Å². The molecule has 0 aliphatic rings. The largest absolute Gasteiger partial charge is 0.476 e. The predicted octanol–water partition coefficient (Wildman–Crippen LogP) is 3.08. The number of nitrogens with one attached hydrogen (secondary N) is 1. The van der Waals surface area contributed by atoms with Gasteiger partial charge in [0, 0.05) is 12.6 Å². The minimum Gasteiger partial charge on any atom is -0.476 e. The third kappa shape index (κ3) is 4.74. The molecule has 0 saturated heterocycles. The molecule has 0 unspecified atom stereocenters. The molecule has 0 atom stereocenters. The van der Waals surface area contributed by atoms with Crippen LogP contribution in [0.25, 0.3) is 16.8 Å². The number of hydrogen-bond donors (Lipinski definition) is 1. The van der Waals surface area contributed by atoms with Crippen LogP contribution in [0.3, 0.4) is 0 Å². The normalized spacial score (nSPS) is 10.6. The van der Waals surface area contributed by atoms with Crippen molar-refractivity contribution in [3.8, 4) is 22.7 Å². The smallest absolute Gasteiger partial charge is 0.352 e. The minimum absolute atomic E-state index is 0.0526. The molecule has 1 aromatic heterocycles. The van der Waals surface area contributed by atoms with Gasteiger partial charge in [-0.15, -0.1) is 5.10 Å². The van der Waals surface area contributed by atoms with Gasteiger partial charge in [0.25, 0.3) is 5.88 Å². The second-order valence-corrected chi connectivity index (χ2v) is 7.39. The predicted molar refractivity (Wildman–Crippen MR) is 126 cm³/mol. The fourth-order valence-electron chi connectivity index (χ4n) is 3.46. The number of anilines is 1. The number of methoxy groups -OCH3 is 1. The van der Waals surface area contributed by atoms with Gasteiger partial charge in [-0.2, -0.15) is 4.68 Å². The van der Waals surface area contributed by atoms with Gasteiger partial charge in [0.2, 0.25) is 5.91 Å². The van der Waals surface area contributed by atoms with E-state index in [4.69, 9.17) is 4.74 Å². The maximum absolute atomic E-state index is 13.2. The van der Waals surface area contributed by atoms with Crippen LogP contribution in [0.4, 0.5) is 5.69 Å². The van der Waals surface area contributed by atoms with Crippen LogP contribution in [-0.4, -0.2) is 27.4 Å². The molecular weight excluding hydrogens is 420 g/mol. The van der Waals surface area contributed by atoms with E-state index in [1.54, 1.807) is 24.3 Å². The molecule has 0 aliphatic carbocycles. The SMILES string of the molecule is COc1nn(-c2cccc(NC(C)=O)c2)c(=O)n(Cc2ccc(-c3ccccc3)cc2)c1=O. The molecule has 1 N–H and O–H groups in total. The Morgan fingerprint density at radius 3 is 2.30 bits per heavy atom. The number of carbonyl (C=O) groups excluding carboxylic acids is 1. The quantitative estimate of drug-likeness (QED) is 0.495. The zero-order valence-corrected chi connectivity index (χ0v) is 18.2. The Bertz CT molecular complexity index is 1410. The van der Waals surface area contributed by atoms with Crippen molar-refractivity contribution in [1.29, 1.82) is 0 Å². The molecule has 3 aromatic carbocycles. The first-order chi connectivity index (χ1) is 16.0. The third-order valence-corrected chi connectivity index (χ3v) is 5.04. The number of amides is 1. The van der Waals surface area contributed by atoms with Crippen molar-refractivity contribution in [3.05, 3.63) is 105 Å². The first kappa shape index (κ1) is 21.8. The summed E-state index contributed by atoms with van der Waals surface area (Å²) in [6.45, 7) is 1.44. The van der Waals surface area contributed by atoms with Gasteiger partial charge in [0.05, 0.1) is 19.3 Å². The van der Waals surface area contributed by atoms with Gasteiger partial charge in [-0.3, -0.25) is 9.59 Å². The van der Waals surface area contributed by atoms with Crippen molar-refractivity contribution in [2.24, 2.45) is 0 Å². The molecule has 8 heteroatoms. The number of carbonyl (C=O) groups is 1. The summed E-state index contributed by atoms with van der Waals surface area (Å²) in [5.41, 5.74) is 2.54. The van der Waals surface area contributed by atoms with Gasteiger partial charge in [-0.1, -0.05) is 60.7 Å². The lowest BCUT2D eigenvalue weighted by Crippen LogP contribution is -2.41. The lowest BCUT2D eigenvalue weighted by atomic mass is 10.0. The maximum atomic E-state index is 13.2. The van der Waals surface area contributed by atoms with E-state index < -0.39 is 11.2 Å². The Kier molecular flexibility index (Phi) is 6.17. The number of benzene rings is 3. The third-order valence-electron chi connectivity index (χ3n) is 5.04. The van der Waals surface area contributed by atoms with Crippen molar-refractivity contribution < 1.29 is 9.53 Å². The second-order valence-electron chi connectivity index (χ2n) is 7.39. The molecule has 8 nitrogen and oxygen atoms in total. The standard InChI is InChI=1S/C25H22N4O4/c1-17(30)26-21-9-6-10-22(15-21)29-25(32)28(24(31)23(27-29)33-2)16-18-11-13-20(14-12-18)19-7-4-3-5-8-19/h3-15H,16H2,1-2H3,(H,26,30). The van der Waals surface area contributed by atoms with Crippen LogP contribution in [0.1, 0.15) is 12.5 Å².